The molecule has 0 fully saturated rings. The zero-order chi connectivity index (χ0) is 16.8. The van der Waals surface area contributed by atoms with Crippen LogP contribution < -0.4 is 10.6 Å². The lowest BCUT2D eigenvalue weighted by molar-refractivity contribution is -0.137. The van der Waals surface area contributed by atoms with Crippen molar-refractivity contribution in [3.63, 3.8) is 0 Å². The molecular formula is C15H21F3N2O2. The van der Waals surface area contributed by atoms with Gasteiger partial charge in [-0.05, 0) is 30.0 Å². The van der Waals surface area contributed by atoms with E-state index in [-0.39, 0.29) is 12.5 Å². The lowest BCUT2D eigenvalue weighted by Crippen LogP contribution is -2.37. The maximum atomic E-state index is 12.6. The molecule has 1 aromatic carbocycles. The summed E-state index contributed by atoms with van der Waals surface area (Å²) < 4.78 is 37.7. The summed E-state index contributed by atoms with van der Waals surface area (Å²) in [5, 5.41) is 14.6. The van der Waals surface area contributed by atoms with E-state index >= 15 is 0 Å². The Morgan fingerprint density at radius 2 is 1.95 bits per heavy atom. The molecule has 1 atom stereocenters. The summed E-state index contributed by atoms with van der Waals surface area (Å²) in [5.41, 5.74) is -0.376. The van der Waals surface area contributed by atoms with Crippen LogP contribution in [0.5, 0.6) is 0 Å². The highest BCUT2D eigenvalue weighted by molar-refractivity contribution is 5.73. The number of nitrogens with one attached hydrogen (secondary N) is 2. The fourth-order valence-corrected chi connectivity index (χ4v) is 1.77. The number of amides is 2. The van der Waals surface area contributed by atoms with Crippen molar-refractivity contribution in [1.82, 2.24) is 10.6 Å². The van der Waals surface area contributed by atoms with Gasteiger partial charge in [-0.3, -0.25) is 0 Å². The van der Waals surface area contributed by atoms with Gasteiger partial charge in [-0.1, -0.05) is 26.0 Å². The van der Waals surface area contributed by atoms with Crippen LogP contribution in [-0.4, -0.2) is 23.8 Å². The Morgan fingerprint density at radius 1 is 1.27 bits per heavy atom. The largest absolute Gasteiger partial charge is 0.416 e. The van der Waals surface area contributed by atoms with Crippen LogP contribution in [0, 0.1) is 5.92 Å². The number of carbonyl (C=O) groups excluding carboxylic acids is 1. The van der Waals surface area contributed by atoms with Gasteiger partial charge in [0.05, 0.1) is 11.7 Å². The highest BCUT2D eigenvalue weighted by atomic mass is 19.4. The first kappa shape index (κ1) is 18.3. The second kappa shape index (κ2) is 8.03. The summed E-state index contributed by atoms with van der Waals surface area (Å²) in [7, 11) is 0. The Labute approximate surface area is 127 Å². The van der Waals surface area contributed by atoms with E-state index in [2.05, 4.69) is 10.6 Å². The number of aliphatic hydroxyl groups is 1. The number of hydrogen-bond donors (Lipinski definition) is 3. The summed E-state index contributed by atoms with van der Waals surface area (Å²) in [6.07, 6.45) is -4.47. The first-order valence-electron chi connectivity index (χ1n) is 7.06. The lowest BCUT2D eigenvalue weighted by Gasteiger charge is -2.15. The minimum absolute atomic E-state index is 0.00247. The third kappa shape index (κ3) is 6.34. The van der Waals surface area contributed by atoms with Gasteiger partial charge in [0.1, 0.15) is 0 Å². The van der Waals surface area contributed by atoms with Gasteiger partial charge in [0.25, 0.3) is 0 Å². The summed E-state index contributed by atoms with van der Waals surface area (Å²) in [4.78, 5) is 11.5. The third-order valence-electron chi connectivity index (χ3n) is 3.20. The fourth-order valence-electron chi connectivity index (χ4n) is 1.77. The number of hydrogen-bond acceptors (Lipinski definition) is 2. The molecule has 0 bridgehead atoms. The van der Waals surface area contributed by atoms with Crippen molar-refractivity contribution in [2.75, 3.05) is 6.54 Å². The molecule has 0 saturated heterocycles. The summed E-state index contributed by atoms with van der Waals surface area (Å²) in [5.74, 6) is 0.106. The first-order valence-corrected chi connectivity index (χ1v) is 7.06. The number of halogens is 3. The zero-order valence-corrected chi connectivity index (χ0v) is 12.6. The molecule has 1 unspecified atom stereocenters. The van der Waals surface area contributed by atoms with Crippen molar-refractivity contribution in [1.29, 1.82) is 0 Å². The lowest BCUT2D eigenvalue weighted by atomic mass is 10.0. The second-order valence-corrected chi connectivity index (χ2v) is 5.41. The highest BCUT2D eigenvalue weighted by Crippen LogP contribution is 2.29. The number of benzene rings is 1. The molecule has 0 spiro atoms. The molecule has 0 aliphatic rings. The standard InChI is InChI=1S/C15H21F3N2O2/c1-10(2)13(21)6-7-19-14(22)20-9-11-4-3-5-12(8-11)15(16,17)18/h3-5,8,10,13,21H,6-7,9H2,1-2H3,(H2,19,20,22). The van der Waals surface area contributed by atoms with Gasteiger partial charge >= 0.3 is 12.2 Å². The molecule has 1 rings (SSSR count). The summed E-state index contributed by atoms with van der Waals surface area (Å²) in [6, 6.07) is 4.32. The number of urea groups is 1. The van der Waals surface area contributed by atoms with E-state index in [1.54, 1.807) is 0 Å². The van der Waals surface area contributed by atoms with Gasteiger partial charge in [0.2, 0.25) is 0 Å². The summed E-state index contributed by atoms with van der Waals surface area (Å²) >= 11 is 0. The van der Waals surface area contributed by atoms with Crippen molar-refractivity contribution >= 4 is 6.03 Å². The van der Waals surface area contributed by atoms with Crippen molar-refractivity contribution in [3.05, 3.63) is 35.4 Å². The number of carbonyl (C=O) groups is 1. The van der Waals surface area contributed by atoms with Crippen LogP contribution in [0.1, 0.15) is 31.4 Å². The van der Waals surface area contributed by atoms with E-state index in [9.17, 15) is 23.1 Å². The van der Waals surface area contributed by atoms with Gasteiger partial charge in [0.15, 0.2) is 0 Å². The van der Waals surface area contributed by atoms with Crippen molar-refractivity contribution < 1.29 is 23.1 Å². The van der Waals surface area contributed by atoms with Crippen molar-refractivity contribution in [2.45, 2.75) is 39.1 Å². The van der Waals surface area contributed by atoms with Crippen LogP contribution in [0.25, 0.3) is 0 Å². The van der Waals surface area contributed by atoms with E-state index in [4.69, 9.17) is 0 Å². The molecule has 4 nitrogen and oxygen atoms in total. The first-order chi connectivity index (χ1) is 10.2. The number of rotatable bonds is 6. The van der Waals surface area contributed by atoms with Crippen molar-refractivity contribution in [3.8, 4) is 0 Å². The van der Waals surface area contributed by atoms with Crippen LogP contribution >= 0.6 is 0 Å². The maximum Gasteiger partial charge on any atom is 0.416 e. The topological polar surface area (TPSA) is 61.4 Å². The van der Waals surface area contributed by atoms with Gasteiger partial charge in [-0.25, -0.2) is 4.79 Å². The summed E-state index contributed by atoms with van der Waals surface area (Å²) in [6.45, 7) is 4.05. The van der Waals surface area contributed by atoms with E-state index in [0.717, 1.165) is 12.1 Å². The highest BCUT2D eigenvalue weighted by Gasteiger charge is 2.30. The Balaban J connectivity index is 2.38. The minimum atomic E-state index is -4.40. The van der Waals surface area contributed by atoms with Crippen molar-refractivity contribution in [2.24, 2.45) is 5.92 Å². The molecular weight excluding hydrogens is 297 g/mol. The maximum absolute atomic E-state index is 12.6. The van der Waals surface area contributed by atoms with Crippen LogP contribution in [0.3, 0.4) is 0 Å². The molecule has 1 aromatic rings. The molecule has 0 aliphatic carbocycles. The smallest absolute Gasteiger partial charge is 0.393 e. The fraction of sp³-hybridized carbons (Fsp3) is 0.533. The Hall–Kier alpha value is -1.76. The van der Waals surface area contributed by atoms with Gasteiger partial charge in [0, 0.05) is 13.1 Å². The van der Waals surface area contributed by atoms with Crippen LogP contribution in [-0.2, 0) is 12.7 Å². The van der Waals surface area contributed by atoms with Crippen LogP contribution in [0.15, 0.2) is 24.3 Å². The molecule has 7 heteroatoms. The van der Waals surface area contributed by atoms with Gasteiger partial charge in [-0.2, -0.15) is 13.2 Å². The van der Waals surface area contributed by atoms with Crippen LogP contribution in [0.4, 0.5) is 18.0 Å². The predicted molar refractivity (Wildman–Crippen MR) is 77.1 cm³/mol. The number of alkyl halides is 3. The van der Waals surface area contributed by atoms with Gasteiger partial charge < -0.3 is 15.7 Å². The normalized spacial score (nSPS) is 13.0. The Kier molecular flexibility index (Phi) is 6.67. The molecule has 124 valence electrons. The second-order valence-electron chi connectivity index (χ2n) is 5.41. The SMILES string of the molecule is CC(C)C(O)CCNC(=O)NCc1cccc(C(F)(F)F)c1. The van der Waals surface area contributed by atoms with E-state index < -0.39 is 23.9 Å². The number of aliphatic hydroxyl groups excluding tert-OH is 1. The molecule has 22 heavy (non-hydrogen) atoms. The molecule has 0 aromatic heterocycles. The minimum Gasteiger partial charge on any atom is -0.393 e. The van der Waals surface area contributed by atoms with E-state index in [1.807, 2.05) is 13.8 Å². The van der Waals surface area contributed by atoms with E-state index in [1.165, 1.54) is 12.1 Å². The Morgan fingerprint density at radius 3 is 2.55 bits per heavy atom. The molecule has 2 amide bonds. The molecule has 0 heterocycles. The quantitative estimate of drug-likeness (QED) is 0.755. The predicted octanol–water partition coefficient (Wildman–Crippen LogP) is 2.91. The van der Waals surface area contributed by atoms with Gasteiger partial charge in [-0.15, -0.1) is 0 Å². The average molecular weight is 318 g/mol. The molecule has 0 saturated carbocycles. The average Bonchev–Trinajstić information content (AvgIpc) is 2.44. The van der Waals surface area contributed by atoms with Crippen LogP contribution in [0.2, 0.25) is 0 Å². The molecule has 3 N–H and O–H groups in total. The molecule has 0 aliphatic heterocycles. The Bertz CT molecular complexity index is 490. The monoisotopic (exact) mass is 318 g/mol. The zero-order valence-electron chi connectivity index (χ0n) is 12.6. The molecule has 0 radical (unpaired) electrons. The van der Waals surface area contributed by atoms with E-state index in [0.29, 0.717) is 18.5 Å². The third-order valence-corrected chi connectivity index (χ3v) is 3.20.